The van der Waals surface area contributed by atoms with Gasteiger partial charge in [0.25, 0.3) is 10.2 Å². The molecule has 0 bridgehead atoms. The predicted octanol–water partition coefficient (Wildman–Crippen LogP) is 2.68. The van der Waals surface area contributed by atoms with E-state index in [1.807, 2.05) is 60.7 Å². The average Bonchev–Trinajstić information content (AvgIpc) is 2.87. The second-order valence-corrected chi connectivity index (χ2v) is 10.00. The number of benzene rings is 3. The van der Waals surface area contributed by atoms with Crippen molar-refractivity contribution in [1.29, 1.82) is 0 Å². The van der Waals surface area contributed by atoms with Crippen LogP contribution in [0.1, 0.15) is 18.1 Å². The van der Waals surface area contributed by atoms with Gasteiger partial charge in [-0.25, -0.2) is 0 Å². The lowest BCUT2D eigenvalue weighted by molar-refractivity contribution is -0.138. The molecular formula is C26H27N3O5S. The Morgan fingerprint density at radius 3 is 2.23 bits per heavy atom. The summed E-state index contributed by atoms with van der Waals surface area (Å²) in [5, 5.41) is 11.1. The van der Waals surface area contributed by atoms with E-state index in [1.54, 1.807) is 7.11 Å². The van der Waals surface area contributed by atoms with Gasteiger partial charge in [-0.3, -0.25) is 4.79 Å². The molecule has 9 heteroatoms. The smallest absolute Gasteiger partial charge is 0.321 e. The number of carbonyl (C=O) groups is 1. The summed E-state index contributed by atoms with van der Waals surface area (Å²) < 4.78 is 33.6. The molecule has 0 spiro atoms. The van der Waals surface area contributed by atoms with Gasteiger partial charge in [0.1, 0.15) is 11.8 Å². The first-order valence-corrected chi connectivity index (χ1v) is 12.6. The summed E-state index contributed by atoms with van der Waals surface area (Å²) in [6, 6.07) is 18.7. The van der Waals surface area contributed by atoms with Crippen LogP contribution < -0.4 is 14.4 Å². The number of nitrogens with one attached hydrogen (secondary N) is 1. The summed E-state index contributed by atoms with van der Waals surface area (Å²) in [7, 11) is -2.19. The van der Waals surface area contributed by atoms with Crippen LogP contribution in [0.3, 0.4) is 0 Å². The predicted molar refractivity (Wildman–Crippen MR) is 136 cm³/mol. The minimum Gasteiger partial charge on any atom is -0.497 e. The van der Waals surface area contributed by atoms with Crippen LogP contribution >= 0.6 is 0 Å². The average molecular weight is 494 g/mol. The van der Waals surface area contributed by atoms with Crippen LogP contribution in [-0.4, -0.2) is 63.1 Å². The molecule has 0 radical (unpaired) electrons. The molecule has 4 rings (SSSR count). The van der Waals surface area contributed by atoms with Gasteiger partial charge in [-0.05, 0) is 66.2 Å². The van der Waals surface area contributed by atoms with E-state index in [9.17, 15) is 13.2 Å². The highest BCUT2D eigenvalue weighted by Gasteiger charge is 2.29. The number of methoxy groups -OCH3 is 1. The number of carboxylic acids is 1. The first-order valence-electron chi connectivity index (χ1n) is 11.2. The van der Waals surface area contributed by atoms with Gasteiger partial charge in [0.05, 0.1) is 7.11 Å². The molecule has 2 N–H and O–H groups in total. The van der Waals surface area contributed by atoms with Crippen LogP contribution in [0.15, 0.2) is 60.7 Å². The van der Waals surface area contributed by atoms with E-state index < -0.39 is 22.2 Å². The summed E-state index contributed by atoms with van der Waals surface area (Å²) in [5.74, 6) is 6.00. The number of hydrogen-bond acceptors (Lipinski definition) is 5. The van der Waals surface area contributed by atoms with Crippen molar-refractivity contribution in [1.82, 2.24) is 9.03 Å². The van der Waals surface area contributed by atoms with E-state index in [4.69, 9.17) is 9.84 Å². The molecule has 8 nitrogen and oxygen atoms in total. The van der Waals surface area contributed by atoms with Gasteiger partial charge in [-0.2, -0.15) is 17.4 Å². The SMILES string of the molecule is COc1ccc2ccc(C#Cc3ccc(N4CCN(S(=O)(=O)N[C@H](C)C(=O)O)CC4)cc3)cc2c1. The molecule has 1 fully saturated rings. The van der Waals surface area contributed by atoms with Crippen molar-refractivity contribution in [3.05, 3.63) is 71.8 Å². The number of carboxylic acid groups (broad SMARTS) is 1. The monoisotopic (exact) mass is 493 g/mol. The number of nitrogens with zero attached hydrogens (tertiary/aromatic N) is 2. The quantitative estimate of drug-likeness (QED) is 0.513. The Kier molecular flexibility index (Phi) is 7.26. The largest absolute Gasteiger partial charge is 0.497 e. The maximum Gasteiger partial charge on any atom is 0.321 e. The molecule has 1 saturated heterocycles. The standard InChI is InChI=1S/C26H27N3O5S/c1-19(26(30)31)27-35(32,33)29-15-13-28(14-16-29)24-10-6-20(7-11-24)3-4-21-5-8-22-9-12-25(34-2)18-23(22)17-21/h5-12,17-19,27H,13-16H2,1-2H3,(H,30,31)/t19-/m1/s1. The highest BCUT2D eigenvalue weighted by Crippen LogP contribution is 2.22. The lowest BCUT2D eigenvalue weighted by Gasteiger charge is -2.35. The summed E-state index contributed by atoms with van der Waals surface area (Å²) in [6.45, 7) is 2.87. The number of fused-ring (bicyclic) bond motifs is 1. The lowest BCUT2D eigenvalue weighted by Crippen LogP contribution is -2.54. The molecule has 1 atom stereocenters. The minimum absolute atomic E-state index is 0.274. The normalized spacial score (nSPS) is 15.3. The van der Waals surface area contributed by atoms with Gasteiger partial charge in [-0.15, -0.1) is 0 Å². The maximum absolute atomic E-state index is 12.4. The van der Waals surface area contributed by atoms with E-state index in [1.165, 1.54) is 11.2 Å². The molecular weight excluding hydrogens is 466 g/mol. The fourth-order valence-electron chi connectivity index (χ4n) is 3.86. The molecule has 182 valence electrons. The van der Waals surface area contributed by atoms with Gasteiger partial charge < -0.3 is 14.7 Å². The van der Waals surface area contributed by atoms with E-state index in [2.05, 4.69) is 21.5 Å². The number of ether oxygens (including phenoxy) is 1. The van der Waals surface area contributed by atoms with Crippen LogP contribution in [0.25, 0.3) is 10.8 Å². The summed E-state index contributed by atoms with van der Waals surface area (Å²) >= 11 is 0. The third kappa shape index (κ3) is 5.92. The Hall–Kier alpha value is -3.58. The number of rotatable bonds is 6. The van der Waals surface area contributed by atoms with Crippen molar-refractivity contribution in [3.63, 3.8) is 0 Å². The van der Waals surface area contributed by atoms with Crippen LogP contribution in [0.4, 0.5) is 5.69 Å². The van der Waals surface area contributed by atoms with Gasteiger partial charge in [0.2, 0.25) is 0 Å². The summed E-state index contributed by atoms with van der Waals surface area (Å²) in [5.41, 5.74) is 2.78. The lowest BCUT2D eigenvalue weighted by atomic mass is 10.1. The van der Waals surface area contributed by atoms with Crippen molar-refractivity contribution in [2.75, 3.05) is 38.2 Å². The Labute approximate surface area is 205 Å². The Morgan fingerprint density at radius 2 is 1.57 bits per heavy atom. The molecule has 0 saturated carbocycles. The summed E-state index contributed by atoms with van der Waals surface area (Å²) in [6.07, 6.45) is 0. The second-order valence-electron chi connectivity index (χ2n) is 8.29. The topological polar surface area (TPSA) is 99.2 Å². The second kappa shape index (κ2) is 10.4. The first kappa shape index (κ1) is 24.5. The van der Waals surface area contributed by atoms with E-state index >= 15 is 0 Å². The van der Waals surface area contributed by atoms with Gasteiger partial charge in [-0.1, -0.05) is 24.0 Å². The number of piperazine rings is 1. The number of aliphatic carboxylic acids is 1. The van der Waals surface area contributed by atoms with Crippen molar-refractivity contribution in [2.24, 2.45) is 0 Å². The minimum atomic E-state index is -3.84. The number of hydrogen-bond donors (Lipinski definition) is 2. The van der Waals surface area contributed by atoms with Gasteiger partial charge in [0.15, 0.2) is 0 Å². The van der Waals surface area contributed by atoms with Crippen LogP contribution in [0.5, 0.6) is 5.75 Å². The zero-order valence-corrected chi connectivity index (χ0v) is 20.4. The molecule has 1 aliphatic heterocycles. The molecule has 1 heterocycles. The van der Waals surface area contributed by atoms with Crippen LogP contribution in [-0.2, 0) is 15.0 Å². The number of anilines is 1. The van der Waals surface area contributed by atoms with Crippen molar-refractivity contribution in [2.45, 2.75) is 13.0 Å². The van der Waals surface area contributed by atoms with Gasteiger partial charge >= 0.3 is 5.97 Å². The highest BCUT2D eigenvalue weighted by atomic mass is 32.2. The Morgan fingerprint density at radius 1 is 0.943 bits per heavy atom. The Balaban J connectivity index is 1.39. The molecule has 1 aliphatic rings. The third-order valence-corrected chi connectivity index (χ3v) is 7.60. The molecule has 35 heavy (non-hydrogen) atoms. The molecule has 3 aromatic rings. The van der Waals surface area contributed by atoms with Gasteiger partial charge in [0, 0.05) is 43.0 Å². The fourth-order valence-corrected chi connectivity index (χ4v) is 5.21. The van der Waals surface area contributed by atoms with Crippen LogP contribution in [0, 0.1) is 11.8 Å². The van der Waals surface area contributed by atoms with Crippen molar-refractivity contribution >= 4 is 32.6 Å². The summed E-state index contributed by atoms with van der Waals surface area (Å²) in [4.78, 5) is 13.1. The Bertz CT molecular complexity index is 1390. The van der Waals surface area contributed by atoms with E-state index in [0.717, 1.165) is 33.3 Å². The molecule has 0 amide bonds. The highest BCUT2D eigenvalue weighted by molar-refractivity contribution is 7.87. The third-order valence-electron chi connectivity index (χ3n) is 5.91. The molecule has 0 aliphatic carbocycles. The molecule has 0 unspecified atom stereocenters. The zero-order chi connectivity index (χ0) is 25.0. The first-order chi connectivity index (χ1) is 16.7. The van der Waals surface area contributed by atoms with E-state index in [0.29, 0.717) is 13.1 Å². The zero-order valence-electron chi connectivity index (χ0n) is 19.6. The van der Waals surface area contributed by atoms with Crippen molar-refractivity contribution < 1.29 is 23.1 Å². The van der Waals surface area contributed by atoms with Crippen LogP contribution in [0.2, 0.25) is 0 Å². The maximum atomic E-state index is 12.4. The van der Waals surface area contributed by atoms with Crippen molar-refractivity contribution in [3.8, 4) is 17.6 Å². The van der Waals surface area contributed by atoms with E-state index in [-0.39, 0.29) is 13.1 Å². The fraction of sp³-hybridized carbons (Fsp3) is 0.269. The molecule has 3 aromatic carbocycles. The molecule has 0 aromatic heterocycles.